The Bertz CT molecular complexity index is 697. The Balaban J connectivity index is 1.35. The molecule has 4 rings (SSSR count). The summed E-state index contributed by atoms with van der Waals surface area (Å²) in [4.78, 5) is 20.7. The average molecular weight is 341 g/mol. The SMILES string of the molecule is N#Cc1cccc(N[C@@H]2CO[C@]3(CCN(C(=O)N4CCCC4)C3)C2)n1. The number of pyridine rings is 1. The van der Waals surface area contributed by atoms with Crippen molar-refractivity contribution in [3.63, 3.8) is 0 Å². The number of amides is 2. The molecule has 4 heterocycles. The van der Waals surface area contributed by atoms with Crippen LogP contribution >= 0.6 is 0 Å². The quantitative estimate of drug-likeness (QED) is 0.887. The molecule has 1 aromatic heterocycles. The number of nitriles is 1. The van der Waals surface area contributed by atoms with Crippen molar-refractivity contribution in [2.45, 2.75) is 37.3 Å². The van der Waals surface area contributed by atoms with Crippen LogP contribution in [0.5, 0.6) is 0 Å². The largest absolute Gasteiger partial charge is 0.371 e. The second kappa shape index (κ2) is 6.52. The summed E-state index contributed by atoms with van der Waals surface area (Å²) in [5, 5.41) is 12.3. The third-order valence-corrected chi connectivity index (χ3v) is 5.39. The highest BCUT2D eigenvalue weighted by atomic mass is 16.5. The Morgan fingerprint density at radius 1 is 1.32 bits per heavy atom. The van der Waals surface area contributed by atoms with Gasteiger partial charge >= 0.3 is 6.03 Å². The van der Waals surface area contributed by atoms with Crippen molar-refractivity contribution in [3.8, 4) is 6.07 Å². The smallest absolute Gasteiger partial charge is 0.320 e. The van der Waals surface area contributed by atoms with Gasteiger partial charge in [-0.25, -0.2) is 9.78 Å². The normalized spacial score (nSPS) is 28.5. The van der Waals surface area contributed by atoms with Crippen LogP contribution in [0.3, 0.4) is 0 Å². The summed E-state index contributed by atoms with van der Waals surface area (Å²) < 4.78 is 6.12. The lowest BCUT2D eigenvalue weighted by Crippen LogP contribution is -2.43. The van der Waals surface area contributed by atoms with Crippen molar-refractivity contribution in [2.75, 3.05) is 38.1 Å². The third kappa shape index (κ3) is 3.27. The lowest BCUT2D eigenvalue weighted by atomic mass is 9.97. The molecule has 1 spiro atoms. The number of carbonyl (C=O) groups excluding carboxylic acids is 1. The maximum atomic E-state index is 12.6. The molecule has 7 heteroatoms. The van der Waals surface area contributed by atoms with Gasteiger partial charge in [-0.1, -0.05) is 6.07 Å². The first-order valence-corrected chi connectivity index (χ1v) is 8.99. The summed E-state index contributed by atoms with van der Waals surface area (Å²) in [6.45, 7) is 3.81. The standard InChI is InChI=1S/C18H23N5O2/c19-11-14-4-3-5-16(20-14)21-15-10-18(25-12-15)6-9-23(13-18)17(24)22-7-1-2-8-22/h3-5,15H,1-2,6-10,12-13H2,(H,20,21)/t15-,18+/m0/s1. The Morgan fingerprint density at radius 3 is 2.96 bits per heavy atom. The molecule has 0 radical (unpaired) electrons. The second-order valence-corrected chi connectivity index (χ2v) is 7.21. The monoisotopic (exact) mass is 341 g/mol. The Kier molecular flexibility index (Phi) is 4.22. The van der Waals surface area contributed by atoms with Gasteiger partial charge in [0.25, 0.3) is 0 Å². The minimum Gasteiger partial charge on any atom is -0.371 e. The molecule has 132 valence electrons. The first-order chi connectivity index (χ1) is 12.2. The zero-order valence-corrected chi connectivity index (χ0v) is 14.3. The number of likely N-dealkylation sites (tertiary alicyclic amines) is 2. The fourth-order valence-electron chi connectivity index (χ4n) is 4.12. The number of aromatic nitrogens is 1. The van der Waals surface area contributed by atoms with E-state index in [4.69, 9.17) is 10.00 Å². The number of urea groups is 1. The molecular weight excluding hydrogens is 318 g/mol. The highest BCUT2D eigenvalue weighted by Crippen LogP contribution is 2.36. The number of hydrogen-bond donors (Lipinski definition) is 1. The van der Waals surface area contributed by atoms with E-state index in [0.29, 0.717) is 24.7 Å². The van der Waals surface area contributed by atoms with Gasteiger partial charge in [-0.05, 0) is 31.4 Å². The first kappa shape index (κ1) is 16.2. The number of ether oxygens (including phenoxy) is 1. The molecule has 2 amide bonds. The molecule has 1 aromatic rings. The van der Waals surface area contributed by atoms with Crippen LogP contribution < -0.4 is 5.32 Å². The Hall–Kier alpha value is -2.33. The first-order valence-electron chi connectivity index (χ1n) is 8.99. The zero-order chi connectivity index (χ0) is 17.3. The van der Waals surface area contributed by atoms with Gasteiger partial charge in [0.1, 0.15) is 17.6 Å². The molecule has 3 fully saturated rings. The van der Waals surface area contributed by atoms with E-state index in [-0.39, 0.29) is 17.7 Å². The zero-order valence-electron chi connectivity index (χ0n) is 14.3. The van der Waals surface area contributed by atoms with Gasteiger partial charge in [0, 0.05) is 26.1 Å². The van der Waals surface area contributed by atoms with E-state index < -0.39 is 0 Å². The molecule has 7 nitrogen and oxygen atoms in total. The minimum atomic E-state index is -0.236. The summed E-state index contributed by atoms with van der Waals surface area (Å²) in [6, 6.07) is 7.76. The maximum absolute atomic E-state index is 12.6. The number of rotatable bonds is 2. The highest BCUT2D eigenvalue weighted by Gasteiger charge is 2.47. The molecule has 1 N–H and O–H groups in total. The van der Waals surface area contributed by atoms with E-state index in [1.165, 1.54) is 0 Å². The molecule has 3 aliphatic rings. The molecule has 3 saturated heterocycles. The van der Waals surface area contributed by atoms with Gasteiger partial charge in [0.15, 0.2) is 0 Å². The van der Waals surface area contributed by atoms with Gasteiger partial charge in [-0.15, -0.1) is 0 Å². The van der Waals surface area contributed by atoms with Crippen LogP contribution in [0.4, 0.5) is 10.6 Å². The molecular formula is C18H23N5O2. The van der Waals surface area contributed by atoms with Crippen molar-refractivity contribution in [2.24, 2.45) is 0 Å². The highest BCUT2D eigenvalue weighted by molar-refractivity contribution is 5.75. The molecule has 3 aliphatic heterocycles. The lowest BCUT2D eigenvalue weighted by Gasteiger charge is -2.26. The molecule has 0 aromatic carbocycles. The predicted molar refractivity (Wildman–Crippen MR) is 92.1 cm³/mol. The maximum Gasteiger partial charge on any atom is 0.320 e. The van der Waals surface area contributed by atoms with Gasteiger partial charge in [0.05, 0.1) is 24.8 Å². The van der Waals surface area contributed by atoms with E-state index in [0.717, 1.165) is 45.3 Å². The molecule has 25 heavy (non-hydrogen) atoms. The Morgan fingerprint density at radius 2 is 2.16 bits per heavy atom. The summed E-state index contributed by atoms with van der Waals surface area (Å²) in [5.41, 5.74) is 0.168. The summed E-state index contributed by atoms with van der Waals surface area (Å²) in [6.07, 6.45) is 3.97. The topological polar surface area (TPSA) is 81.5 Å². The van der Waals surface area contributed by atoms with Crippen LogP contribution in [-0.2, 0) is 4.74 Å². The summed E-state index contributed by atoms with van der Waals surface area (Å²) in [7, 11) is 0. The number of nitrogens with zero attached hydrogens (tertiary/aromatic N) is 4. The van der Waals surface area contributed by atoms with E-state index in [2.05, 4.69) is 16.4 Å². The lowest BCUT2D eigenvalue weighted by molar-refractivity contribution is 0.0141. The van der Waals surface area contributed by atoms with Crippen molar-refractivity contribution in [1.82, 2.24) is 14.8 Å². The number of carbonyl (C=O) groups is 1. The van der Waals surface area contributed by atoms with E-state index >= 15 is 0 Å². The number of anilines is 1. The van der Waals surface area contributed by atoms with Gasteiger partial charge in [-0.3, -0.25) is 0 Å². The fraction of sp³-hybridized carbons (Fsp3) is 0.611. The van der Waals surface area contributed by atoms with Crippen molar-refractivity contribution >= 4 is 11.8 Å². The molecule has 0 unspecified atom stereocenters. The van der Waals surface area contributed by atoms with Crippen LogP contribution in [0.1, 0.15) is 31.4 Å². The predicted octanol–water partition coefficient (Wildman–Crippen LogP) is 1.81. The van der Waals surface area contributed by atoms with Crippen molar-refractivity contribution in [1.29, 1.82) is 5.26 Å². The van der Waals surface area contributed by atoms with E-state index in [9.17, 15) is 4.79 Å². The second-order valence-electron chi connectivity index (χ2n) is 7.21. The molecule has 0 aliphatic carbocycles. The molecule has 2 atom stereocenters. The van der Waals surface area contributed by atoms with Crippen LogP contribution in [0.15, 0.2) is 18.2 Å². The molecule has 0 bridgehead atoms. The van der Waals surface area contributed by atoms with Gasteiger partial charge < -0.3 is 19.9 Å². The van der Waals surface area contributed by atoms with E-state index in [1.54, 1.807) is 6.07 Å². The van der Waals surface area contributed by atoms with E-state index in [1.807, 2.05) is 21.9 Å². The van der Waals surface area contributed by atoms with Crippen LogP contribution in [0.25, 0.3) is 0 Å². The number of hydrogen-bond acceptors (Lipinski definition) is 5. The minimum absolute atomic E-state index is 0.156. The van der Waals surface area contributed by atoms with Crippen LogP contribution in [0, 0.1) is 11.3 Å². The van der Waals surface area contributed by atoms with Crippen LogP contribution in [0.2, 0.25) is 0 Å². The summed E-state index contributed by atoms with van der Waals surface area (Å²) >= 11 is 0. The molecule has 0 saturated carbocycles. The Labute approximate surface area is 147 Å². The van der Waals surface area contributed by atoms with Crippen molar-refractivity contribution in [3.05, 3.63) is 23.9 Å². The third-order valence-electron chi connectivity index (χ3n) is 5.39. The van der Waals surface area contributed by atoms with Crippen molar-refractivity contribution < 1.29 is 9.53 Å². The van der Waals surface area contributed by atoms with Gasteiger partial charge in [0.2, 0.25) is 0 Å². The van der Waals surface area contributed by atoms with Gasteiger partial charge in [-0.2, -0.15) is 5.26 Å². The summed E-state index contributed by atoms with van der Waals surface area (Å²) in [5.74, 6) is 0.702. The fourth-order valence-corrected chi connectivity index (χ4v) is 4.12. The average Bonchev–Trinajstić information content (AvgIpc) is 3.37. The number of nitrogens with one attached hydrogen (secondary N) is 1. The van der Waals surface area contributed by atoms with Crippen LogP contribution in [-0.4, -0.2) is 65.2 Å².